The van der Waals surface area contributed by atoms with Crippen LogP contribution in [0.5, 0.6) is 0 Å². The topological polar surface area (TPSA) is 71.5 Å². The molecule has 2 rings (SSSR count). The number of amides is 1. The zero-order chi connectivity index (χ0) is 12.5. The number of carbonyl (C=O) groups excluding carboxylic acids is 1. The largest absolute Gasteiger partial charge is 0.468 e. The van der Waals surface area contributed by atoms with Crippen LogP contribution in [0.25, 0.3) is 0 Å². The molecule has 5 heteroatoms. The second-order valence-electron chi connectivity index (χ2n) is 4.86. The number of furan rings is 1. The molecular weight excluding hydrogens is 218 g/mol. The van der Waals surface area contributed by atoms with Crippen molar-refractivity contribution < 1.29 is 9.21 Å². The van der Waals surface area contributed by atoms with Crippen LogP contribution in [0.15, 0.2) is 22.8 Å². The molecule has 1 aromatic rings. The standard InChI is InChI=1S/C12H19N3O2/c1-15(2)9(10-4-3-7-17-10)8-14-11(16)12(13)5-6-12/h3-4,7,9H,5-6,8,13H2,1-2H3,(H,14,16). The van der Waals surface area contributed by atoms with E-state index in [0.717, 1.165) is 18.6 Å². The predicted molar refractivity (Wildman–Crippen MR) is 64.3 cm³/mol. The highest BCUT2D eigenvalue weighted by molar-refractivity contribution is 5.88. The Morgan fingerprint density at radius 3 is 2.82 bits per heavy atom. The first-order chi connectivity index (χ1) is 8.03. The maximum Gasteiger partial charge on any atom is 0.240 e. The Bertz CT molecular complexity index is 382. The molecule has 1 saturated carbocycles. The quantitative estimate of drug-likeness (QED) is 0.782. The molecule has 1 aliphatic carbocycles. The van der Waals surface area contributed by atoms with Crippen molar-refractivity contribution in [3.8, 4) is 0 Å². The Morgan fingerprint density at radius 2 is 2.35 bits per heavy atom. The van der Waals surface area contributed by atoms with Crippen LogP contribution in [0.1, 0.15) is 24.6 Å². The first kappa shape index (κ1) is 12.1. The van der Waals surface area contributed by atoms with E-state index in [1.807, 2.05) is 31.1 Å². The molecule has 0 saturated heterocycles. The third-order valence-corrected chi connectivity index (χ3v) is 3.19. The lowest BCUT2D eigenvalue weighted by Crippen LogP contribution is -2.45. The molecule has 3 N–H and O–H groups in total. The monoisotopic (exact) mass is 237 g/mol. The van der Waals surface area contributed by atoms with Crippen molar-refractivity contribution in [2.75, 3.05) is 20.6 Å². The minimum Gasteiger partial charge on any atom is -0.468 e. The van der Waals surface area contributed by atoms with Gasteiger partial charge in [0.2, 0.25) is 5.91 Å². The van der Waals surface area contributed by atoms with Crippen LogP contribution in [0.4, 0.5) is 0 Å². The van der Waals surface area contributed by atoms with E-state index in [4.69, 9.17) is 10.2 Å². The smallest absolute Gasteiger partial charge is 0.240 e. The molecule has 0 aromatic carbocycles. The maximum atomic E-state index is 11.7. The lowest BCUT2D eigenvalue weighted by molar-refractivity contribution is -0.123. The van der Waals surface area contributed by atoms with Crippen molar-refractivity contribution in [1.29, 1.82) is 0 Å². The average Bonchev–Trinajstić information content (AvgIpc) is 2.81. The lowest BCUT2D eigenvalue weighted by Gasteiger charge is -2.23. The van der Waals surface area contributed by atoms with Crippen LogP contribution in [0.3, 0.4) is 0 Å². The summed E-state index contributed by atoms with van der Waals surface area (Å²) in [6, 6.07) is 3.79. The SMILES string of the molecule is CN(C)C(CNC(=O)C1(N)CC1)c1ccco1. The summed E-state index contributed by atoms with van der Waals surface area (Å²) in [7, 11) is 3.91. The predicted octanol–water partition coefficient (Wildman–Crippen LogP) is 0.490. The fraction of sp³-hybridized carbons (Fsp3) is 0.583. The molecule has 1 amide bonds. The highest BCUT2D eigenvalue weighted by atomic mass is 16.3. The normalized spacial score (nSPS) is 19.1. The van der Waals surface area contributed by atoms with E-state index in [9.17, 15) is 4.79 Å². The van der Waals surface area contributed by atoms with Crippen LogP contribution in [0, 0.1) is 0 Å². The van der Waals surface area contributed by atoms with Gasteiger partial charge >= 0.3 is 0 Å². The molecule has 5 nitrogen and oxygen atoms in total. The minimum absolute atomic E-state index is 0.0382. The van der Waals surface area contributed by atoms with Gasteiger partial charge < -0.3 is 15.5 Å². The third-order valence-electron chi connectivity index (χ3n) is 3.19. The maximum absolute atomic E-state index is 11.7. The van der Waals surface area contributed by atoms with E-state index in [1.165, 1.54) is 0 Å². The third kappa shape index (κ3) is 2.68. The Kier molecular flexibility index (Phi) is 3.22. The van der Waals surface area contributed by atoms with Gasteiger partial charge in [-0.2, -0.15) is 0 Å². The average molecular weight is 237 g/mol. The summed E-state index contributed by atoms with van der Waals surface area (Å²) in [6.45, 7) is 0.512. The molecule has 0 radical (unpaired) electrons. The molecule has 1 heterocycles. The first-order valence-electron chi connectivity index (χ1n) is 5.80. The van der Waals surface area contributed by atoms with Crippen molar-refractivity contribution in [2.24, 2.45) is 5.73 Å². The van der Waals surface area contributed by atoms with Crippen molar-refractivity contribution >= 4 is 5.91 Å². The zero-order valence-corrected chi connectivity index (χ0v) is 10.3. The van der Waals surface area contributed by atoms with E-state index in [-0.39, 0.29) is 11.9 Å². The highest BCUT2D eigenvalue weighted by Gasteiger charge is 2.45. The summed E-state index contributed by atoms with van der Waals surface area (Å²) >= 11 is 0. The summed E-state index contributed by atoms with van der Waals surface area (Å²) in [6.07, 6.45) is 3.21. The molecule has 1 aromatic heterocycles. The number of carbonyl (C=O) groups is 1. The van der Waals surface area contributed by atoms with Crippen LogP contribution >= 0.6 is 0 Å². The van der Waals surface area contributed by atoms with Crippen molar-refractivity contribution in [2.45, 2.75) is 24.4 Å². The Labute approximate surface area is 101 Å². The number of nitrogens with zero attached hydrogens (tertiary/aromatic N) is 1. The van der Waals surface area contributed by atoms with Crippen LogP contribution in [-0.2, 0) is 4.79 Å². The highest BCUT2D eigenvalue weighted by Crippen LogP contribution is 2.32. The molecule has 0 aliphatic heterocycles. The summed E-state index contributed by atoms with van der Waals surface area (Å²) in [4.78, 5) is 13.7. The van der Waals surface area contributed by atoms with E-state index in [2.05, 4.69) is 5.32 Å². The fourth-order valence-corrected chi connectivity index (χ4v) is 1.75. The van der Waals surface area contributed by atoms with Gasteiger partial charge in [0.05, 0.1) is 17.8 Å². The van der Waals surface area contributed by atoms with Gasteiger partial charge in [0.1, 0.15) is 5.76 Å². The molecular formula is C12H19N3O2. The first-order valence-corrected chi connectivity index (χ1v) is 5.80. The van der Waals surface area contributed by atoms with Crippen LogP contribution in [0.2, 0.25) is 0 Å². The molecule has 17 heavy (non-hydrogen) atoms. The van der Waals surface area contributed by atoms with Gasteiger partial charge in [-0.1, -0.05) is 0 Å². The number of likely N-dealkylation sites (N-methyl/N-ethyl adjacent to an activating group) is 1. The number of nitrogens with one attached hydrogen (secondary N) is 1. The number of hydrogen-bond acceptors (Lipinski definition) is 4. The second-order valence-corrected chi connectivity index (χ2v) is 4.86. The van der Waals surface area contributed by atoms with Gasteiger partial charge in [-0.3, -0.25) is 9.69 Å². The van der Waals surface area contributed by atoms with Gasteiger partial charge in [0.15, 0.2) is 0 Å². The molecule has 1 fully saturated rings. The summed E-state index contributed by atoms with van der Waals surface area (Å²) < 4.78 is 5.37. The van der Waals surface area contributed by atoms with Crippen molar-refractivity contribution in [3.63, 3.8) is 0 Å². The van der Waals surface area contributed by atoms with E-state index < -0.39 is 5.54 Å². The van der Waals surface area contributed by atoms with E-state index >= 15 is 0 Å². The summed E-state index contributed by atoms with van der Waals surface area (Å²) in [5, 5.41) is 2.89. The van der Waals surface area contributed by atoms with Gasteiger partial charge in [0.25, 0.3) is 0 Å². The Balaban J connectivity index is 1.93. The minimum atomic E-state index is -0.611. The Hall–Kier alpha value is -1.33. The molecule has 0 spiro atoms. The summed E-state index contributed by atoms with van der Waals surface area (Å²) in [5.74, 6) is 0.785. The summed E-state index contributed by atoms with van der Waals surface area (Å²) in [5.41, 5.74) is 5.21. The fourth-order valence-electron chi connectivity index (χ4n) is 1.75. The number of hydrogen-bond donors (Lipinski definition) is 2. The van der Waals surface area contributed by atoms with Gasteiger partial charge in [0, 0.05) is 6.54 Å². The molecule has 1 unspecified atom stereocenters. The van der Waals surface area contributed by atoms with Crippen LogP contribution in [-0.4, -0.2) is 37.0 Å². The van der Waals surface area contributed by atoms with Gasteiger partial charge in [-0.25, -0.2) is 0 Å². The van der Waals surface area contributed by atoms with Gasteiger partial charge in [-0.05, 0) is 39.1 Å². The van der Waals surface area contributed by atoms with Gasteiger partial charge in [-0.15, -0.1) is 0 Å². The molecule has 1 atom stereocenters. The van der Waals surface area contributed by atoms with Crippen LogP contribution < -0.4 is 11.1 Å². The molecule has 1 aliphatic rings. The van der Waals surface area contributed by atoms with Crippen molar-refractivity contribution in [1.82, 2.24) is 10.2 Å². The number of rotatable bonds is 5. The number of nitrogens with two attached hydrogens (primary N) is 1. The molecule has 94 valence electrons. The van der Waals surface area contributed by atoms with E-state index in [1.54, 1.807) is 6.26 Å². The Morgan fingerprint density at radius 1 is 1.65 bits per heavy atom. The molecule has 0 bridgehead atoms. The van der Waals surface area contributed by atoms with E-state index in [0.29, 0.717) is 6.54 Å². The van der Waals surface area contributed by atoms with Crippen molar-refractivity contribution in [3.05, 3.63) is 24.2 Å². The lowest BCUT2D eigenvalue weighted by atomic mass is 10.2. The second kappa shape index (κ2) is 4.50. The zero-order valence-electron chi connectivity index (χ0n) is 10.3.